The fourth-order valence-electron chi connectivity index (χ4n) is 4.53. The number of carbonyl (C=O) groups is 1. The molecule has 34 heavy (non-hydrogen) atoms. The van der Waals surface area contributed by atoms with E-state index in [-0.39, 0.29) is 0 Å². The topological polar surface area (TPSA) is 26.3 Å². The van der Waals surface area contributed by atoms with Crippen LogP contribution < -0.4 is 4.74 Å². The van der Waals surface area contributed by atoms with Crippen LogP contribution in [0.1, 0.15) is 64.4 Å². The van der Waals surface area contributed by atoms with Gasteiger partial charge in [0.05, 0.1) is 6.61 Å². The van der Waals surface area contributed by atoms with Crippen LogP contribution >= 0.6 is 0 Å². The third-order valence-electron chi connectivity index (χ3n) is 6.72. The second-order valence-corrected chi connectivity index (χ2v) is 9.57. The average Bonchev–Trinajstić information content (AvgIpc) is 2.87. The van der Waals surface area contributed by atoms with E-state index in [1.807, 2.05) is 0 Å². The number of unbranched alkanes of at least 4 members (excludes halogenated alkanes) is 3. The van der Waals surface area contributed by atoms with E-state index in [0.717, 1.165) is 42.8 Å². The molecule has 3 aromatic rings. The Kier molecular flexibility index (Phi) is 8.36. The summed E-state index contributed by atoms with van der Waals surface area (Å²) in [5, 5.41) is 0. The molecule has 1 aliphatic carbocycles. The first-order valence-electron chi connectivity index (χ1n) is 12.8. The predicted molar refractivity (Wildman–Crippen MR) is 143 cm³/mol. The van der Waals surface area contributed by atoms with Crippen molar-refractivity contribution < 1.29 is 9.53 Å². The van der Waals surface area contributed by atoms with Gasteiger partial charge in [0.1, 0.15) is 5.75 Å². The zero-order valence-corrected chi connectivity index (χ0v) is 20.6. The van der Waals surface area contributed by atoms with E-state index >= 15 is 0 Å². The maximum atomic E-state index is 12.3. The highest BCUT2D eigenvalue weighted by molar-refractivity contribution is 6.00. The van der Waals surface area contributed by atoms with Crippen LogP contribution in [-0.2, 0) is 4.79 Å². The number of benzene rings is 3. The molecule has 176 valence electrons. The average molecular weight is 453 g/mol. The highest BCUT2D eigenvalue weighted by Gasteiger charge is 2.20. The summed E-state index contributed by atoms with van der Waals surface area (Å²) >= 11 is 0. The van der Waals surface area contributed by atoms with Crippen LogP contribution in [0, 0.1) is 5.92 Å². The van der Waals surface area contributed by atoms with Gasteiger partial charge in [-0.3, -0.25) is 4.79 Å². The van der Waals surface area contributed by atoms with Crippen molar-refractivity contribution in [2.75, 3.05) is 6.61 Å². The van der Waals surface area contributed by atoms with Crippen molar-refractivity contribution in [3.05, 3.63) is 83.9 Å². The Balaban J connectivity index is 1.36. The van der Waals surface area contributed by atoms with Crippen LogP contribution in [0.4, 0.5) is 0 Å². The van der Waals surface area contributed by atoms with Gasteiger partial charge < -0.3 is 4.74 Å². The first kappa shape index (κ1) is 24.0. The van der Waals surface area contributed by atoms with Gasteiger partial charge in [-0.15, -0.1) is 0 Å². The molecular weight excluding hydrogens is 416 g/mol. The minimum Gasteiger partial charge on any atom is -0.494 e. The normalized spacial score (nSPS) is 17.2. The number of Topliss-reactive ketones (excluding diaryl/α,β-unsaturated/α-hetero) is 1. The molecular formula is C32H36O2. The van der Waals surface area contributed by atoms with Gasteiger partial charge in [-0.25, -0.2) is 0 Å². The fraction of sp³-hybridized carbons (Fsp3) is 0.344. The maximum absolute atomic E-state index is 12.3. The fourth-order valence-corrected chi connectivity index (χ4v) is 4.53. The lowest BCUT2D eigenvalue weighted by molar-refractivity contribution is -0.117. The molecule has 3 aromatic carbocycles. The number of carbonyl (C=O) groups excluding carboxylic acids is 1. The molecule has 0 unspecified atom stereocenters. The standard InChI is InChI=1S/C32H36O2/c1-3-4-5-6-21-34-31-19-17-29(18-20-31)28-15-13-27(14-16-28)26-11-8-25(9-12-26)23-30-10-7-24(2)22-32(30)33/h8-9,11-20,23-24H,3-7,10,21-22H2,1-2H3/b30-23+/t24-/m1/s1. The highest BCUT2D eigenvalue weighted by Crippen LogP contribution is 2.29. The molecule has 2 nitrogen and oxygen atoms in total. The Labute approximate surface area is 204 Å². The summed E-state index contributed by atoms with van der Waals surface area (Å²) in [5.74, 6) is 1.77. The quantitative estimate of drug-likeness (QED) is 0.240. The van der Waals surface area contributed by atoms with Gasteiger partial charge in [-0.1, -0.05) is 93.8 Å². The van der Waals surface area contributed by atoms with Gasteiger partial charge in [0.15, 0.2) is 5.78 Å². The molecule has 0 heterocycles. The zero-order chi connectivity index (χ0) is 23.8. The van der Waals surface area contributed by atoms with Crippen molar-refractivity contribution in [2.45, 2.75) is 58.8 Å². The van der Waals surface area contributed by atoms with Crippen molar-refractivity contribution in [1.29, 1.82) is 0 Å². The maximum Gasteiger partial charge on any atom is 0.159 e. The van der Waals surface area contributed by atoms with Crippen molar-refractivity contribution >= 4 is 11.9 Å². The Morgan fingerprint density at radius 2 is 1.35 bits per heavy atom. The van der Waals surface area contributed by atoms with Crippen LogP contribution in [0.5, 0.6) is 5.75 Å². The van der Waals surface area contributed by atoms with Crippen LogP contribution in [0.15, 0.2) is 78.4 Å². The van der Waals surface area contributed by atoms with Gasteiger partial charge in [0.25, 0.3) is 0 Å². The lowest BCUT2D eigenvalue weighted by atomic mass is 9.85. The molecule has 0 aromatic heterocycles. The SMILES string of the molecule is CCCCCCOc1ccc(-c2ccc(-c3ccc(/C=C4\CC[C@@H](C)CC4=O)cc3)cc2)cc1. The summed E-state index contributed by atoms with van der Waals surface area (Å²) in [6.45, 7) is 5.18. The largest absolute Gasteiger partial charge is 0.494 e. The van der Waals surface area contributed by atoms with Gasteiger partial charge in [0, 0.05) is 6.42 Å². The highest BCUT2D eigenvalue weighted by atomic mass is 16.5. The summed E-state index contributed by atoms with van der Waals surface area (Å²) in [6, 6.07) is 25.6. The lowest BCUT2D eigenvalue weighted by Gasteiger charge is -2.19. The summed E-state index contributed by atoms with van der Waals surface area (Å²) < 4.78 is 5.87. The van der Waals surface area contributed by atoms with Crippen LogP contribution in [0.2, 0.25) is 0 Å². The second-order valence-electron chi connectivity index (χ2n) is 9.57. The molecule has 1 fully saturated rings. The van der Waals surface area contributed by atoms with E-state index in [4.69, 9.17) is 4.74 Å². The number of allylic oxidation sites excluding steroid dienone is 1. The Morgan fingerprint density at radius 1 is 0.794 bits per heavy atom. The molecule has 0 N–H and O–H groups in total. The minimum atomic E-state index is 0.310. The lowest BCUT2D eigenvalue weighted by Crippen LogP contribution is -2.15. The van der Waals surface area contributed by atoms with Gasteiger partial charge in [-0.2, -0.15) is 0 Å². The molecule has 1 atom stereocenters. The third-order valence-corrected chi connectivity index (χ3v) is 6.72. The molecule has 0 bridgehead atoms. The molecule has 0 amide bonds. The summed E-state index contributed by atoms with van der Waals surface area (Å²) in [4.78, 5) is 12.3. The number of hydrogen-bond donors (Lipinski definition) is 0. The molecule has 1 aliphatic rings. The molecule has 0 radical (unpaired) electrons. The van der Waals surface area contributed by atoms with Crippen molar-refractivity contribution in [1.82, 2.24) is 0 Å². The number of rotatable bonds is 9. The Morgan fingerprint density at radius 3 is 1.91 bits per heavy atom. The van der Waals surface area contributed by atoms with Gasteiger partial charge in [-0.05, 0) is 76.8 Å². The summed E-state index contributed by atoms with van der Waals surface area (Å²) in [7, 11) is 0. The summed E-state index contributed by atoms with van der Waals surface area (Å²) in [5.41, 5.74) is 6.85. The number of ketones is 1. The first-order valence-corrected chi connectivity index (χ1v) is 12.8. The number of hydrogen-bond acceptors (Lipinski definition) is 2. The van der Waals surface area contributed by atoms with Crippen molar-refractivity contribution in [3.8, 4) is 28.0 Å². The van der Waals surface area contributed by atoms with Crippen LogP contribution in [-0.4, -0.2) is 12.4 Å². The van der Waals surface area contributed by atoms with E-state index in [1.54, 1.807) is 0 Å². The monoisotopic (exact) mass is 452 g/mol. The predicted octanol–water partition coefficient (Wildman–Crippen LogP) is 8.75. The third kappa shape index (κ3) is 6.47. The second kappa shape index (κ2) is 11.8. The van der Waals surface area contributed by atoms with Gasteiger partial charge >= 0.3 is 0 Å². The molecule has 0 aliphatic heterocycles. The van der Waals surface area contributed by atoms with E-state index in [1.165, 1.54) is 41.5 Å². The molecule has 4 rings (SSSR count). The van der Waals surface area contributed by atoms with Crippen LogP contribution in [0.3, 0.4) is 0 Å². The van der Waals surface area contributed by atoms with Crippen LogP contribution in [0.25, 0.3) is 28.3 Å². The van der Waals surface area contributed by atoms with E-state index in [0.29, 0.717) is 18.1 Å². The van der Waals surface area contributed by atoms with E-state index < -0.39 is 0 Å². The zero-order valence-electron chi connectivity index (χ0n) is 20.6. The molecule has 1 saturated carbocycles. The molecule has 0 saturated heterocycles. The Bertz CT molecular complexity index is 1090. The van der Waals surface area contributed by atoms with Gasteiger partial charge in [0.2, 0.25) is 0 Å². The number of ether oxygens (including phenoxy) is 1. The molecule has 0 spiro atoms. The first-order chi connectivity index (χ1) is 16.6. The van der Waals surface area contributed by atoms with E-state index in [2.05, 4.69) is 92.7 Å². The molecule has 2 heteroatoms. The Hall–Kier alpha value is -3.13. The minimum absolute atomic E-state index is 0.310. The van der Waals surface area contributed by atoms with Crippen molar-refractivity contribution in [2.24, 2.45) is 5.92 Å². The smallest absolute Gasteiger partial charge is 0.159 e. The van der Waals surface area contributed by atoms with Crippen molar-refractivity contribution in [3.63, 3.8) is 0 Å². The summed E-state index contributed by atoms with van der Waals surface area (Å²) in [6.07, 6.45) is 9.64. The van der Waals surface area contributed by atoms with E-state index in [9.17, 15) is 4.79 Å².